The second-order valence-corrected chi connectivity index (χ2v) is 8.91. The Labute approximate surface area is 147 Å². The van der Waals surface area contributed by atoms with E-state index in [9.17, 15) is 13.2 Å². The second kappa shape index (κ2) is 7.15. The number of carboxylic acid groups (broad SMARTS) is 1. The normalized spacial score (nSPS) is 23.6. The van der Waals surface area contributed by atoms with Gasteiger partial charge in [-0.15, -0.1) is 0 Å². The number of carbonyl (C=O) groups is 1. The molecule has 2 fully saturated rings. The average Bonchev–Trinajstić information content (AvgIpc) is 2.95. The minimum absolute atomic E-state index is 0.0458. The van der Waals surface area contributed by atoms with Crippen LogP contribution in [0.1, 0.15) is 26.2 Å². The molecular formula is C16H24N4O4S. The summed E-state index contributed by atoms with van der Waals surface area (Å²) in [5, 5.41) is 9.11. The quantitative estimate of drug-likeness (QED) is 0.814. The van der Waals surface area contributed by atoms with Crippen LogP contribution in [-0.2, 0) is 14.6 Å². The van der Waals surface area contributed by atoms with Crippen LogP contribution < -0.4 is 9.80 Å². The highest BCUT2D eigenvalue weighted by Gasteiger charge is 2.33. The molecule has 0 spiro atoms. The van der Waals surface area contributed by atoms with Crippen LogP contribution in [0.3, 0.4) is 0 Å². The maximum atomic E-state index is 11.8. The van der Waals surface area contributed by atoms with Gasteiger partial charge in [0.25, 0.3) is 0 Å². The van der Waals surface area contributed by atoms with Crippen molar-refractivity contribution in [2.75, 3.05) is 40.9 Å². The van der Waals surface area contributed by atoms with Crippen LogP contribution in [0.5, 0.6) is 0 Å². The molecule has 1 atom stereocenters. The molecule has 1 N–H and O–H groups in total. The van der Waals surface area contributed by atoms with Gasteiger partial charge in [0.05, 0.1) is 17.4 Å². The minimum Gasteiger partial charge on any atom is -0.481 e. The van der Waals surface area contributed by atoms with E-state index in [1.807, 2.05) is 17.9 Å². The lowest BCUT2D eigenvalue weighted by Crippen LogP contribution is -2.38. The van der Waals surface area contributed by atoms with Crippen molar-refractivity contribution in [3.8, 4) is 0 Å². The highest BCUT2D eigenvalue weighted by Crippen LogP contribution is 2.27. The number of carboxylic acids is 1. The third-order valence-electron chi connectivity index (χ3n) is 5.09. The van der Waals surface area contributed by atoms with E-state index < -0.39 is 15.8 Å². The zero-order chi connectivity index (χ0) is 18.0. The number of piperidine rings is 1. The van der Waals surface area contributed by atoms with Gasteiger partial charge in [-0.3, -0.25) is 4.79 Å². The lowest BCUT2D eigenvalue weighted by Gasteiger charge is -2.32. The van der Waals surface area contributed by atoms with Gasteiger partial charge >= 0.3 is 5.97 Å². The molecule has 138 valence electrons. The highest BCUT2D eigenvalue weighted by molar-refractivity contribution is 7.91. The molecule has 2 saturated heterocycles. The number of hydrogen-bond donors (Lipinski definition) is 1. The van der Waals surface area contributed by atoms with E-state index in [1.165, 1.54) is 6.33 Å². The number of aliphatic carboxylic acids is 1. The molecule has 8 nitrogen and oxygen atoms in total. The van der Waals surface area contributed by atoms with Crippen molar-refractivity contribution in [2.24, 2.45) is 5.92 Å². The molecule has 0 aromatic carbocycles. The Morgan fingerprint density at radius 3 is 2.60 bits per heavy atom. The fourth-order valence-corrected chi connectivity index (χ4v) is 5.38. The van der Waals surface area contributed by atoms with Crippen molar-refractivity contribution in [3.05, 3.63) is 12.4 Å². The third kappa shape index (κ3) is 4.02. The third-order valence-corrected chi connectivity index (χ3v) is 6.84. The van der Waals surface area contributed by atoms with E-state index in [-0.39, 0.29) is 23.5 Å². The van der Waals surface area contributed by atoms with E-state index in [4.69, 9.17) is 5.11 Å². The number of anilines is 2. The van der Waals surface area contributed by atoms with Crippen LogP contribution >= 0.6 is 0 Å². The average molecular weight is 368 g/mol. The molecule has 0 radical (unpaired) electrons. The fourth-order valence-electron chi connectivity index (χ4n) is 3.65. The first-order chi connectivity index (χ1) is 11.9. The molecule has 25 heavy (non-hydrogen) atoms. The van der Waals surface area contributed by atoms with E-state index in [2.05, 4.69) is 14.9 Å². The van der Waals surface area contributed by atoms with Crippen molar-refractivity contribution in [1.82, 2.24) is 9.97 Å². The lowest BCUT2D eigenvalue weighted by atomic mass is 9.97. The number of sulfone groups is 1. The monoisotopic (exact) mass is 368 g/mol. The van der Waals surface area contributed by atoms with Gasteiger partial charge in [-0.2, -0.15) is 0 Å². The maximum absolute atomic E-state index is 11.8. The second-order valence-electron chi connectivity index (χ2n) is 6.68. The van der Waals surface area contributed by atoms with Crippen LogP contribution in [0.15, 0.2) is 12.4 Å². The van der Waals surface area contributed by atoms with E-state index in [0.717, 1.165) is 11.6 Å². The predicted molar refractivity (Wildman–Crippen MR) is 94.7 cm³/mol. The van der Waals surface area contributed by atoms with Crippen LogP contribution in [0.2, 0.25) is 0 Å². The van der Waals surface area contributed by atoms with Gasteiger partial charge in [0.1, 0.15) is 18.0 Å². The van der Waals surface area contributed by atoms with Crippen LogP contribution in [0.25, 0.3) is 0 Å². The maximum Gasteiger partial charge on any atom is 0.306 e. The molecule has 0 amide bonds. The van der Waals surface area contributed by atoms with Gasteiger partial charge in [0, 0.05) is 31.7 Å². The zero-order valence-electron chi connectivity index (χ0n) is 14.3. The Kier molecular flexibility index (Phi) is 5.12. The number of aromatic nitrogens is 2. The molecular weight excluding hydrogens is 344 g/mol. The summed E-state index contributed by atoms with van der Waals surface area (Å²) in [5.74, 6) is 0.887. The Morgan fingerprint density at radius 2 is 2.04 bits per heavy atom. The highest BCUT2D eigenvalue weighted by atomic mass is 32.2. The van der Waals surface area contributed by atoms with E-state index in [0.29, 0.717) is 38.9 Å². The molecule has 2 aliphatic rings. The van der Waals surface area contributed by atoms with Crippen LogP contribution in [0.4, 0.5) is 11.6 Å². The smallest absolute Gasteiger partial charge is 0.306 e. The topological polar surface area (TPSA) is 104 Å². The summed E-state index contributed by atoms with van der Waals surface area (Å²) < 4.78 is 23.6. The first kappa shape index (κ1) is 17.9. The molecule has 1 aromatic rings. The predicted octanol–water partition coefficient (Wildman–Crippen LogP) is 0.791. The van der Waals surface area contributed by atoms with Gasteiger partial charge < -0.3 is 14.9 Å². The standard InChI is InChI=1S/C16H24N4O4S/c1-2-20(13-5-8-25(23,24)10-13)15-9-14(17-11-18-15)19-6-3-12(4-7-19)16(21)22/h9,11-13H,2-8,10H2,1H3,(H,21,22). The molecule has 3 heterocycles. The Morgan fingerprint density at radius 1 is 1.32 bits per heavy atom. The molecule has 0 aliphatic carbocycles. The van der Waals surface area contributed by atoms with Crippen molar-refractivity contribution in [1.29, 1.82) is 0 Å². The number of hydrogen-bond acceptors (Lipinski definition) is 7. The van der Waals surface area contributed by atoms with Gasteiger partial charge in [-0.25, -0.2) is 18.4 Å². The lowest BCUT2D eigenvalue weighted by molar-refractivity contribution is -0.142. The molecule has 1 unspecified atom stereocenters. The number of nitrogens with zero attached hydrogens (tertiary/aromatic N) is 4. The summed E-state index contributed by atoms with van der Waals surface area (Å²) in [4.78, 5) is 23.8. The van der Waals surface area contributed by atoms with Crippen molar-refractivity contribution < 1.29 is 18.3 Å². The Bertz CT molecular complexity index is 731. The van der Waals surface area contributed by atoms with Gasteiger partial charge in [-0.05, 0) is 26.2 Å². The largest absolute Gasteiger partial charge is 0.481 e. The minimum atomic E-state index is -2.95. The van der Waals surface area contributed by atoms with Gasteiger partial charge in [-0.1, -0.05) is 0 Å². The molecule has 1 aromatic heterocycles. The number of rotatable bonds is 5. The van der Waals surface area contributed by atoms with Gasteiger partial charge in [0.2, 0.25) is 0 Å². The van der Waals surface area contributed by atoms with Crippen LogP contribution in [-0.4, -0.2) is 66.6 Å². The molecule has 3 rings (SSSR count). The van der Waals surface area contributed by atoms with Gasteiger partial charge in [0.15, 0.2) is 9.84 Å². The summed E-state index contributed by atoms with van der Waals surface area (Å²) in [6.07, 6.45) is 3.33. The molecule has 0 saturated carbocycles. The van der Waals surface area contributed by atoms with Crippen molar-refractivity contribution >= 4 is 27.4 Å². The zero-order valence-corrected chi connectivity index (χ0v) is 15.2. The Balaban J connectivity index is 1.74. The summed E-state index contributed by atoms with van der Waals surface area (Å²) >= 11 is 0. The van der Waals surface area contributed by atoms with E-state index in [1.54, 1.807) is 0 Å². The fraction of sp³-hybridized carbons (Fsp3) is 0.688. The Hall–Kier alpha value is -1.90. The van der Waals surface area contributed by atoms with E-state index >= 15 is 0 Å². The summed E-state index contributed by atoms with van der Waals surface area (Å²) in [5.41, 5.74) is 0. The SMILES string of the molecule is CCN(c1cc(N2CCC(C(=O)O)CC2)ncn1)C1CCS(=O)(=O)C1. The van der Waals surface area contributed by atoms with Crippen molar-refractivity contribution in [3.63, 3.8) is 0 Å². The molecule has 2 aliphatic heterocycles. The summed E-state index contributed by atoms with van der Waals surface area (Å²) in [7, 11) is -2.95. The van der Waals surface area contributed by atoms with Crippen LogP contribution in [0, 0.1) is 5.92 Å². The summed E-state index contributed by atoms with van der Waals surface area (Å²) in [6, 6.07) is 1.84. The molecule has 0 bridgehead atoms. The van der Waals surface area contributed by atoms with Crippen molar-refractivity contribution in [2.45, 2.75) is 32.2 Å². The molecule has 9 heteroatoms. The summed E-state index contributed by atoms with van der Waals surface area (Å²) in [6.45, 7) is 3.97. The first-order valence-corrected chi connectivity index (χ1v) is 10.5. The first-order valence-electron chi connectivity index (χ1n) is 8.66.